The monoisotopic (exact) mass is 349 g/mol. The van der Waals surface area contributed by atoms with Crippen molar-refractivity contribution >= 4 is 33.5 Å². The molecule has 0 fully saturated rings. The molecule has 0 radical (unpaired) electrons. The van der Waals surface area contributed by atoms with Crippen LogP contribution in [0.1, 0.15) is 10.6 Å². The number of nitrogens with zero attached hydrogens (tertiary/aromatic N) is 4. The fraction of sp³-hybridized carbons (Fsp3) is 0. The van der Waals surface area contributed by atoms with Crippen LogP contribution in [0.3, 0.4) is 0 Å². The highest BCUT2D eigenvalue weighted by molar-refractivity contribution is 7.89. The average molecular weight is 349 g/mol. The molecule has 0 saturated carbocycles. The molecule has 3 rings (SSSR count). The van der Waals surface area contributed by atoms with Crippen molar-refractivity contribution in [2.75, 3.05) is 11.1 Å². The molecule has 0 saturated heterocycles. The molecule has 0 aliphatic carbocycles. The number of nitrogens with two attached hydrogens (primary N) is 2. The van der Waals surface area contributed by atoms with E-state index in [2.05, 4.69) is 20.6 Å². The standard InChI is InChI=1S/C12H11N7O4S/c13-11-17-12(18-19(11)10(20)9-5-6-15-23-9)16-7-1-3-8(4-2-7)24(14,21)22/h1-6H,(H2,14,21,22)(H3,13,16,17,18). The van der Waals surface area contributed by atoms with Gasteiger partial charge in [-0.2, -0.15) is 9.67 Å². The first-order chi connectivity index (χ1) is 11.3. The molecule has 0 unspecified atom stereocenters. The van der Waals surface area contributed by atoms with E-state index < -0.39 is 15.9 Å². The molecule has 2 heterocycles. The van der Waals surface area contributed by atoms with Gasteiger partial charge in [-0.1, -0.05) is 5.16 Å². The Morgan fingerprint density at radius 3 is 2.50 bits per heavy atom. The molecule has 5 N–H and O–H groups in total. The van der Waals surface area contributed by atoms with Crippen molar-refractivity contribution in [2.24, 2.45) is 5.14 Å². The maximum atomic E-state index is 12.1. The van der Waals surface area contributed by atoms with Gasteiger partial charge in [0.05, 0.1) is 11.1 Å². The molecule has 24 heavy (non-hydrogen) atoms. The SMILES string of the molecule is Nc1nc(Nc2ccc(S(N)(=O)=O)cc2)nn1C(=O)c1ccno1. The number of aromatic nitrogens is 4. The summed E-state index contributed by atoms with van der Waals surface area (Å²) in [5, 5.41) is 15.2. The van der Waals surface area contributed by atoms with Gasteiger partial charge >= 0.3 is 5.91 Å². The van der Waals surface area contributed by atoms with E-state index >= 15 is 0 Å². The summed E-state index contributed by atoms with van der Waals surface area (Å²) in [6, 6.07) is 6.93. The van der Waals surface area contributed by atoms with Crippen LogP contribution in [-0.2, 0) is 10.0 Å². The maximum absolute atomic E-state index is 12.1. The number of benzene rings is 1. The lowest BCUT2D eigenvalue weighted by atomic mass is 10.3. The molecule has 1 aromatic carbocycles. The van der Waals surface area contributed by atoms with Crippen molar-refractivity contribution in [3.05, 3.63) is 42.3 Å². The lowest BCUT2D eigenvalue weighted by molar-refractivity contribution is 0.0911. The van der Waals surface area contributed by atoms with Crippen LogP contribution >= 0.6 is 0 Å². The molecule has 12 heteroatoms. The van der Waals surface area contributed by atoms with E-state index in [9.17, 15) is 13.2 Å². The fourth-order valence-corrected chi connectivity index (χ4v) is 2.33. The number of sulfonamides is 1. The topological polar surface area (TPSA) is 172 Å². The van der Waals surface area contributed by atoms with Gasteiger partial charge in [0.25, 0.3) is 0 Å². The molecule has 2 aromatic heterocycles. The number of hydrogen-bond donors (Lipinski definition) is 3. The summed E-state index contributed by atoms with van der Waals surface area (Å²) in [5.74, 6) is -0.783. The third-order valence-electron chi connectivity index (χ3n) is 2.91. The molecule has 0 aliphatic rings. The van der Waals surface area contributed by atoms with Gasteiger partial charge < -0.3 is 15.6 Å². The van der Waals surface area contributed by atoms with E-state index in [1.54, 1.807) is 0 Å². The van der Waals surface area contributed by atoms with Gasteiger partial charge in [0.2, 0.25) is 27.7 Å². The Kier molecular flexibility index (Phi) is 3.75. The Labute approximate surface area is 135 Å². The molecule has 3 aromatic rings. The summed E-state index contributed by atoms with van der Waals surface area (Å²) in [4.78, 5) is 16.0. The summed E-state index contributed by atoms with van der Waals surface area (Å²) in [5.41, 5.74) is 6.13. The third kappa shape index (κ3) is 3.09. The molecule has 11 nitrogen and oxygen atoms in total. The Hall–Kier alpha value is -3.25. The first-order valence-electron chi connectivity index (χ1n) is 6.42. The van der Waals surface area contributed by atoms with Crippen molar-refractivity contribution in [3.8, 4) is 0 Å². The summed E-state index contributed by atoms with van der Waals surface area (Å²) in [6.45, 7) is 0. The number of rotatable bonds is 4. The molecule has 0 spiro atoms. The number of carbonyl (C=O) groups excluding carboxylic acids is 1. The van der Waals surface area contributed by atoms with Crippen LogP contribution in [0, 0.1) is 0 Å². The minimum atomic E-state index is -3.78. The van der Waals surface area contributed by atoms with Crippen LogP contribution in [-0.4, -0.2) is 34.2 Å². The van der Waals surface area contributed by atoms with Crippen LogP contribution < -0.4 is 16.2 Å². The molecule has 0 amide bonds. The number of nitrogen functional groups attached to an aromatic ring is 1. The van der Waals surface area contributed by atoms with Crippen LogP contribution in [0.4, 0.5) is 17.6 Å². The first-order valence-corrected chi connectivity index (χ1v) is 7.97. The molecule has 0 aliphatic heterocycles. The van der Waals surface area contributed by atoms with E-state index in [1.807, 2.05) is 0 Å². The van der Waals surface area contributed by atoms with E-state index in [0.717, 1.165) is 4.68 Å². The number of primary sulfonamides is 1. The minimum absolute atomic E-state index is 0.0356. The Balaban J connectivity index is 1.82. The number of hydrogen-bond acceptors (Lipinski definition) is 9. The van der Waals surface area contributed by atoms with Crippen molar-refractivity contribution in [1.29, 1.82) is 0 Å². The van der Waals surface area contributed by atoms with Crippen LogP contribution in [0.25, 0.3) is 0 Å². The fourth-order valence-electron chi connectivity index (χ4n) is 1.81. The number of anilines is 3. The van der Waals surface area contributed by atoms with Crippen molar-refractivity contribution in [3.63, 3.8) is 0 Å². The smallest absolute Gasteiger partial charge is 0.320 e. The second kappa shape index (κ2) is 5.75. The van der Waals surface area contributed by atoms with Crippen LogP contribution in [0.2, 0.25) is 0 Å². The zero-order valence-corrected chi connectivity index (χ0v) is 12.8. The highest BCUT2D eigenvalue weighted by Gasteiger charge is 2.19. The van der Waals surface area contributed by atoms with Crippen LogP contribution in [0.5, 0.6) is 0 Å². The quantitative estimate of drug-likeness (QED) is 0.582. The predicted octanol–water partition coefficient (Wildman–Crippen LogP) is -0.0722. The number of carbonyl (C=O) groups is 1. The van der Waals surface area contributed by atoms with E-state index in [1.165, 1.54) is 36.5 Å². The second-order valence-corrected chi connectivity index (χ2v) is 6.14. The zero-order chi connectivity index (χ0) is 17.3. The van der Waals surface area contributed by atoms with Gasteiger partial charge in [0.1, 0.15) is 0 Å². The molecular formula is C12H11N7O4S. The van der Waals surface area contributed by atoms with Gasteiger partial charge in [-0.05, 0) is 24.3 Å². The Bertz CT molecular complexity index is 977. The van der Waals surface area contributed by atoms with Crippen molar-refractivity contribution < 1.29 is 17.7 Å². The molecule has 124 valence electrons. The third-order valence-corrected chi connectivity index (χ3v) is 3.84. The molecule has 0 atom stereocenters. The van der Waals surface area contributed by atoms with E-state index in [4.69, 9.17) is 15.4 Å². The minimum Gasteiger partial charge on any atom is -0.368 e. The highest BCUT2D eigenvalue weighted by atomic mass is 32.2. The maximum Gasteiger partial charge on any atom is 0.320 e. The molecular weight excluding hydrogens is 338 g/mol. The summed E-state index contributed by atoms with van der Waals surface area (Å²) >= 11 is 0. The normalized spacial score (nSPS) is 11.4. The van der Waals surface area contributed by atoms with Gasteiger partial charge in [0, 0.05) is 11.8 Å². The van der Waals surface area contributed by atoms with E-state index in [0.29, 0.717) is 5.69 Å². The Morgan fingerprint density at radius 2 is 1.92 bits per heavy atom. The average Bonchev–Trinajstić information content (AvgIpc) is 3.16. The van der Waals surface area contributed by atoms with Gasteiger partial charge in [-0.25, -0.2) is 13.6 Å². The lowest BCUT2D eigenvalue weighted by Crippen LogP contribution is -2.15. The van der Waals surface area contributed by atoms with Crippen molar-refractivity contribution in [1.82, 2.24) is 19.9 Å². The lowest BCUT2D eigenvalue weighted by Gasteiger charge is -2.02. The summed E-state index contributed by atoms with van der Waals surface area (Å²) in [7, 11) is -3.78. The predicted molar refractivity (Wildman–Crippen MR) is 81.8 cm³/mol. The largest absolute Gasteiger partial charge is 0.368 e. The van der Waals surface area contributed by atoms with Crippen molar-refractivity contribution in [2.45, 2.75) is 4.90 Å². The van der Waals surface area contributed by atoms with Gasteiger partial charge in [-0.3, -0.25) is 4.79 Å². The Morgan fingerprint density at radius 1 is 1.21 bits per heavy atom. The summed E-state index contributed by atoms with van der Waals surface area (Å²) < 4.78 is 28.0. The number of nitrogens with one attached hydrogen (secondary N) is 1. The molecule has 0 bridgehead atoms. The van der Waals surface area contributed by atoms with Crippen LogP contribution in [0.15, 0.2) is 45.9 Å². The highest BCUT2D eigenvalue weighted by Crippen LogP contribution is 2.17. The first kappa shape index (κ1) is 15.6. The van der Waals surface area contributed by atoms with Gasteiger partial charge in [0.15, 0.2) is 0 Å². The van der Waals surface area contributed by atoms with E-state index in [-0.39, 0.29) is 22.6 Å². The zero-order valence-electron chi connectivity index (χ0n) is 11.9. The summed E-state index contributed by atoms with van der Waals surface area (Å²) in [6.07, 6.45) is 1.31. The second-order valence-electron chi connectivity index (χ2n) is 4.58. The van der Waals surface area contributed by atoms with Gasteiger partial charge in [-0.15, -0.1) is 5.10 Å².